The Morgan fingerprint density at radius 1 is 1.28 bits per heavy atom. The normalized spacial score (nSPS) is 18.8. The summed E-state index contributed by atoms with van der Waals surface area (Å²) in [4.78, 5) is 28.3. The lowest BCUT2D eigenvalue weighted by Gasteiger charge is -2.39. The molecule has 1 fully saturated rings. The Hall–Kier alpha value is -1.60. The lowest BCUT2D eigenvalue weighted by atomic mass is 10.2. The Bertz CT molecular complexity index is 630. The molecule has 2 rings (SSSR count). The third-order valence-electron chi connectivity index (χ3n) is 3.85. The van der Waals surface area contributed by atoms with Crippen molar-refractivity contribution in [2.45, 2.75) is 39.3 Å². The highest BCUT2D eigenvalue weighted by Crippen LogP contribution is 2.21. The molecule has 0 aliphatic carbocycles. The molecule has 0 aromatic heterocycles. The maximum Gasteiger partial charge on any atom is 0.410 e. The number of ether oxygens (including phenoxy) is 1. The molecule has 7 heteroatoms. The third-order valence-corrected chi connectivity index (χ3v) is 4.55. The number of carbonyl (C=O) groups excluding carboxylic acids is 2. The van der Waals surface area contributed by atoms with Gasteiger partial charge in [0.25, 0.3) is 0 Å². The molecule has 0 bridgehead atoms. The topological polar surface area (TPSA) is 61.9 Å². The predicted octanol–water partition coefficient (Wildman–Crippen LogP) is 3.33. The summed E-state index contributed by atoms with van der Waals surface area (Å²) in [5.74, 6) is -0.0650. The van der Waals surface area contributed by atoms with Gasteiger partial charge in [0.2, 0.25) is 5.91 Å². The lowest BCUT2D eigenvalue weighted by Crippen LogP contribution is -2.56. The summed E-state index contributed by atoms with van der Waals surface area (Å²) < 4.78 is 6.29. The van der Waals surface area contributed by atoms with E-state index in [0.717, 1.165) is 10.2 Å². The average Bonchev–Trinajstić information content (AvgIpc) is 2.47. The van der Waals surface area contributed by atoms with E-state index in [1.165, 1.54) is 0 Å². The quantitative estimate of drug-likeness (QED) is 0.828. The van der Waals surface area contributed by atoms with Crippen LogP contribution in [-0.4, -0.2) is 59.6 Å². The van der Waals surface area contributed by atoms with Crippen molar-refractivity contribution in [3.63, 3.8) is 0 Å². The van der Waals surface area contributed by atoms with Crippen LogP contribution in [0, 0.1) is 0 Å². The van der Waals surface area contributed by atoms with Crippen molar-refractivity contribution in [1.82, 2.24) is 9.80 Å². The van der Waals surface area contributed by atoms with Crippen LogP contribution in [0.5, 0.6) is 0 Å². The van der Waals surface area contributed by atoms with Gasteiger partial charge in [-0.2, -0.15) is 0 Å². The van der Waals surface area contributed by atoms with Gasteiger partial charge in [-0.15, -0.1) is 0 Å². The van der Waals surface area contributed by atoms with Gasteiger partial charge in [0, 0.05) is 30.1 Å². The van der Waals surface area contributed by atoms with Gasteiger partial charge in [-0.05, 0) is 55.8 Å². The lowest BCUT2D eigenvalue weighted by molar-refractivity contribution is -0.117. The van der Waals surface area contributed by atoms with Crippen molar-refractivity contribution in [1.29, 1.82) is 0 Å². The number of amides is 2. The third kappa shape index (κ3) is 6.01. The van der Waals surface area contributed by atoms with Gasteiger partial charge in [0.05, 0.1) is 12.2 Å². The molecule has 6 nitrogen and oxygen atoms in total. The number of piperazine rings is 1. The van der Waals surface area contributed by atoms with E-state index in [0.29, 0.717) is 26.2 Å². The molecule has 138 valence electrons. The number of rotatable bonds is 3. The van der Waals surface area contributed by atoms with Crippen LogP contribution in [0.1, 0.15) is 27.7 Å². The number of anilines is 1. The van der Waals surface area contributed by atoms with Crippen molar-refractivity contribution in [3.05, 3.63) is 28.7 Å². The van der Waals surface area contributed by atoms with E-state index >= 15 is 0 Å². The van der Waals surface area contributed by atoms with Gasteiger partial charge in [0.15, 0.2) is 0 Å². The fourth-order valence-corrected chi connectivity index (χ4v) is 3.11. The first-order valence-corrected chi connectivity index (χ1v) is 9.21. The monoisotopic (exact) mass is 411 g/mol. The number of nitrogens with zero attached hydrogens (tertiary/aromatic N) is 2. The zero-order valence-electron chi connectivity index (χ0n) is 15.2. The Labute approximate surface area is 157 Å². The highest BCUT2D eigenvalue weighted by atomic mass is 79.9. The summed E-state index contributed by atoms with van der Waals surface area (Å²) in [6.45, 7) is 9.69. The van der Waals surface area contributed by atoms with Gasteiger partial charge in [0.1, 0.15) is 5.60 Å². The van der Waals surface area contributed by atoms with E-state index in [4.69, 9.17) is 4.74 Å². The summed E-state index contributed by atoms with van der Waals surface area (Å²) in [5.41, 5.74) is 0.254. The first-order valence-electron chi connectivity index (χ1n) is 8.42. The van der Waals surface area contributed by atoms with E-state index in [-0.39, 0.29) is 18.0 Å². The van der Waals surface area contributed by atoms with Crippen LogP contribution in [0.3, 0.4) is 0 Å². The first kappa shape index (κ1) is 19.7. The molecule has 0 spiro atoms. The maximum atomic E-state index is 12.3. The molecule has 0 unspecified atom stereocenters. The summed E-state index contributed by atoms with van der Waals surface area (Å²) in [5, 5.41) is 2.90. The van der Waals surface area contributed by atoms with Crippen molar-refractivity contribution in [2.24, 2.45) is 0 Å². The molecule has 1 aliphatic rings. The summed E-state index contributed by atoms with van der Waals surface area (Å²) in [6, 6.07) is 7.52. The highest BCUT2D eigenvalue weighted by molar-refractivity contribution is 9.10. The zero-order valence-corrected chi connectivity index (χ0v) is 16.8. The SMILES string of the molecule is C[C@H]1CN(CC(=O)Nc2ccccc2Br)CCN1C(=O)OC(C)(C)C. The molecule has 2 amide bonds. The highest BCUT2D eigenvalue weighted by Gasteiger charge is 2.31. The Morgan fingerprint density at radius 2 is 1.96 bits per heavy atom. The van der Waals surface area contributed by atoms with Crippen LogP contribution in [0.25, 0.3) is 0 Å². The number of nitrogens with one attached hydrogen (secondary N) is 1. The second kappa shape index (κ2) is 8.19. The van der Waals surface area contributed by atoms with Crippen LogP contribution in [0.15, 0.2) is 28.7 Å². The van der Waals surface area contributed by atoms with E-state index in [9.17, 15) is 9.59 Å². The number of hydrogen-bond acceptors (Lipinski definition) is 4. The van der Waals surface area contributed by atoms with Crippen molar-refractivity contribution < 1.29 is 14.3 Å². The number of hydrogen-bond donors (Lipinski definition) is 1. The average molecular weight is 412 g/mol. The standard InChI is InChI=1S/C18H26BrN3O3/c1-13-11-21(9-10-22(13)17(24)25-18(2,3)4)12-16(23)20-15-8-6-5-7-14(15)19/h5-8,13H,9-12H2,1-4H3,(H,20,23)/t13-/m0/s1. The Balaban J connectivity index is 1.85. The minimum absolute atomic E-state index is 0.000128. The van der Waals surface area contributed by atoms with Gasteiger partial charge in [-0.1, -0.05) is 12.1 Å². The first-order chi connectivity index (χ1) is 11.7. The summed E-state index contributed by atoms with van der Waals surface area (Å²) in [6.07, 6.45) is -0.294. The zero-order chi connectivity index (χ0) is 18.6. The van der Waals surface area contributed by atoms with Gasteiger partial charge in [-0.25, -0.2) is 4.79 Å². The summed E-state index contributed by atoms with van der Waals surface area (Å²) in [7, 11) is 0. The minimum Gasteiger partial charge on any atom is -0.444 e. The molecule has 1 atom stereocenters. The Kier molecular flexibility index (Phi) is 6.46. The molecule has 1 saturated heterocycles. The molecule has 1 N–H and O–H groups in total. The fraction of sp³-hybridized carbons (Fsp3) is 0.556. The van der Waals surface area contributed by atoms with E-state index in [1.54, 1.807) is 4.90 Å². The van der Waals surface area contributed by atoms with E-state index in [1.807, 2.05) is 52.0 Å². The molecule has 0 saturated carbocycles. The second-order valence-electron chi connectivity index (χ2n) is 7.29. The number of halogens is 1. The molecule has 1 heterocycles. The minimum atomic E-state index is -0.503. The van der Waals surface area contributed by atoms with Crippen LogP contribution >= 0.6 is 15.9 Å². The van der Waals surface area contributed by atoms with Crippen LogP contribution in [-0.2, 0) is 9.53 Å². The molecule has 1 aromatic carbocycles. The van der Waals surface area contributed by atoms with Crippen molar-refractivity contribution >= 4 is 33.6 Å². The molecule has 0 radical (unpaired) electrons. The van der Waals surface area contributed by atoms with E-state index in [2.05, 4.69) is 26.1 Å². The van der Waals surface area contributed by atoms with Crippen LogP contribution in [0.4, 0.5) is 10.5 Å². The smallest absolute Gasteiger partial charge is 0.410 e. The van der Waals surface area contributed by atoms with Crippen molar-refractivity contribution in [3.8, 4) is 0 Å². The predicted molar refractivity (Wildman–Crippen MR) is 102 cm³/mol. The van der Waals surface area contributed by atoms with Gasteiger partial charge >= 0.3 is 6.09 Å². The van der Waals surface area contributed by atoms with E-state index < -0.39 is 5.60 Å². The number of carbonyl (C=O) groups is 2. The van der Waals surface area contributed by atoms with Gasteiger partial charge in [-0.3, -0.25) is 9.69 Å². The largest absolute Gasteiger partial charge is 0.444 e. The van der Waals surface area contributed by atoms with Gasteiger partial charge < -0.3 is 15.0 Å². The summed E-state index contributed by atoms with van der Waals surface area (Å²) >= 11 is 3.42. The molecular weight excluding hydrogens is 386 g/mol. The maximum absolute atomic E-state index is 12.3. The van der Waals surface area contributed by atoms with Crippen LogP contribution < -0.4 is 5.32 Å². The molecule has 1 aliphatic heterocycles. The molecular formula is C18H26BrN3O3. The fourth-order valence-electron chi connectivity index (χ4n) is 2.72. The Morgan fingerprint density at radius 3 is 2.56 bits per heavy atom. The van der Waals surface area contributed by atoms with Crippen LogP contribution in [0.2, 0.25) is 0 Å². The molecule has 1 aromatic rings. The van der Waals surface area contributed by atoms with Crippen molar-refractivity contribution in [2.75, 3.05) is 31.5 Å². The number of para-hydroxylation sites is 1. The molecule has 25 heavy (non-hydrogen) atoms. The second-order valence-corrected chi connectivity index (χ2v) is 8.14. The number of benzene rings is 1.